The highest BCUT2D eigenvalue weighted by molar-refractivity contribution is 7.98. The number of rotatable bonds is 3. The molecule has 0 unspecified atom stereocenters. The Balaban J connectivity index is 2.05. The minimum Gasteiger partial charge on any atom is -0.503 e. The first kappa shape index (κ1) is 10.8. The number of benzene rings is 1. The maximum atomic E-state index is 11.1. The second kappa shape index (κ2) is 4.90. The topological polar surface area (TPSA) is 53.1 Å². The molecule has 0 aliphatic carbocycles. The zero-order chi connectivity index (χ0) is 11.4. The highest BCUT2D eigenvalue weighted by atomic mass is 32.2. The van der Waals surface area contributed by atoms with Gasteiger partial charge in [0.2, 0.25) is 0 Å². The van der Waals surface area contributed by atoms with Gasteiger partial charge in [-0.25, -0.2) is 0 Å². The van der Waals surface area contributed by atoms with E-state index in [1.54, 1.807) is 6.07 Å². The van der Waals surface area contributed by atoms with E-state index in [-0.39, 0.29) is 5.75 Å². The molecule has 0 radical (unpaired) electrons. The van der Waals surface area contributed by atoms with Crippen LogP contribution in [0.1, 0.15) is 5.56 Å². The van der Waals surface area contributed by atoms with Crippen molar-refractivity contribution in [2.24, 2.45) is 0 Å². The molecule has 82 valence electrons. The van der Waals surface area contributed by atoms with E-state index in [4.69, 9.17) is 5.11 Å². The number of aromatic nitrogens is 1. The number of aromatic amines is 1. The molecule has 4 heteroatoms. The summed E-state index contributed by atoms with van der Waals surface area (Å²) in [5.41, 5.74) is 0.750. The van der Waals surface area contributed by atoms with Crippen LogP contribution in [0.15, 0.2) is 52.3 Å². The number of H-pyrrole nitrogens is 1. The molecule has 0 aliphatic heterocycles. The summed E-state index contributed by atoms with van der Waals surface area (Å²) in [7, 11) is 0. The molecule has 0 saturated carbocycles. The molecule has 0 fully saturated rings. The monoisotopic (exact) mass is 233 g/mol. The quantitative estimate of drug-likeness (QED) is 0.800. The van der Waals surface area contributed by atoms with Crippen LogP contribution in [-0.4, -0.2) is 10.1 Å². The van der Waals surface area contributed by atoms with Gasteiger partial charge in [0, 0.05) is 5.75 Å². The number of nitrogens with one attached hydrogen (secondary N) is 1. The van der Waals surface area contributed by atoms with Crippen molar-refractivity contribution >= 4 is 11.8 Å². The lowest BCUT2D eigenvalue weighted by atomic mass is 10.2. The summed E-state index contributed by atoms with van der Waals surface area (Å²) >= 11 is 1.53. The van der Waals surface area contributed by atoms with Crippen molar-refractivity contribution < 1.29 is 5.11 Å². The molecule has 0 saturated heterocycles. The van der Waals surface area contributed by atoms with Crippen molar-refractivity contribution in [3.05, 3.63) is 58.4 Å². The van der Waals surface area contributed by atoms with Gasteiger partial charge in [-0.3, -0.25) is 4.79 Å². The summed E-state index contributed by atoms with van der Waals surface area (Å²) in [6.07, 6.45) is 0. The van der Waals surface area contributed by atoms with E-state index in [0.717, 1.165) is 10.8 Å². The highest BCUT2D eigenvalue weighted by Gasteiger charge is 1.99. The molecule has 1 aromatic heterocycles. The van der Waals surface area contributed by atoms with E-state index in [1.165, 1.54) is 23.4 Å². The Bertz CT molecular complexity index is 522. The Labute approximate surface area is 97.2 Å². The van der Waals surface area contributed by atoms with Crippen molar-refractivity contribution in [1.82, 2.24) is 4.98 Å². The zero-order valence-corrected chi connectivity index (χ0v) is 9.33. The van der Waals surface area contributed by atoms with Crippen molar-refractivity contribution in [3.8, 4) is 5.75 Å². The summed E-state index contributed by atoms with van der Waals surface area (Å²) in [4.78, 5) is 13.7. The van der Waals surface area contributed by atoms with E-state index in [2.05, 4.69) is 4.98 Å². The number of hydrogen-bond donors (Lipinski definition) is 2. The number of pyridine rings is 1. The predicted octanol–water partition coefficient (Wildman–Crippen LogP) is 2.37. The fourth-order valence-corrected chi connectivity index (χ4v) is 2.11. The maximum Gasteiger partial charge on any atom is 0.290 e. The molecule has 0 aliphatic rings. The van der Waals surface area contributed by atoms with Crippen LogP contribution in [0.2, 0.25) is 0 Å². The zero-order valence-electron chi connectivity index (χ0n) is 8.51. The van der Waals surface area contributed by atoms with Gasteiger partial charge in [0.05, 0.1) is 5.03 Å². The average Bonchev–Trinajstić information content (AvgIpc) is 2.32. The molecule has 0 atom stereocenters. The molecule has 3 nitrogen and oxygen atoms in total. The first-order valence-corrected chi connectivity index (χ1v) is 5.83. The van der Waals surface area contributed by atoms with E-state index < -0.39 is 5.56 Å². The van der Waals surface area contributed by atoms with Crippen molar-refractivity contribution in [2.45, 2.75) is 10.8 Å². The van der Waals surface area contributed by atoms with Crippen LogP contribution in [0.4, 0.5) is 0 Å². The summed E-state index contributed by atoms with van der Waals surface area (Å²) in [6, 6.07) is 13.1. The molecule has 2 rings (SSSR count). The van der Waals surface area contributed by atoms with Crippen molar-refractivity contribution in [3.63, 3.8) is 0 Å². The highest BCUT2D eigenvalue weighted by Crippen LogP contribution is 2.20. The summed E-state index contributed by atoms with van der Waals surface area (Å²) < 4.78 is 0. The molecule has 16 heavy (non-hydrogen) atoms. The fraction of sp³-hybridized carbons (Fsp3) is 0.0833. The van der Waals surface area contributed by atoms with E-state index in [1.807, 2.05) is 30.3 Å². The number of hydrogen-bond acceptors (Lipinski definition) is 3. The van der Waals surface area contributed by atoms with Gasteiger partial charge in [-0.2, -0.15) is 0 Å². The second-order valence-corrected chi connectivity index (χ2v) is 4.33. The summed E-state index contributed by atoms with van der Waals surface area (Å²) in [5, 5.41) is 9.83. The Hall–Kier alpha value is -1.68. The van der Waals surface area contributed by atoms with Crippen molar-refractivity contribution in [1.29, 1.82) is 0 Å². The first-order valence-electron chi connectivity index (χ1n) is 4.85. The summed E-state index contributed by atoms with van der Waals surface area (Å²) in [6.45, 7) is 0. The van der Waals surface area contributed by atoms with Gasteiger partial charge in [0.15, 0.2) is 5.75 Å². The van der Waals surface area contributed by atoms with Crippen LogP contribution in [-0.2, 0) is 5.75 Å². The third-order valence-electron chi connectivity index (χ3n) is 2.10. The second-order valence-electron chi connectivity index (χ2n) is 3.31. The van der Waals surface area contributed by atoms with Gasteiger partial charge >= 0.3 is 0 Å². The molecule has 1 heterocycles. The number of thioether (sulfide) groups is 1. The van der Waals surface area contributed by atoms with Crippen molar-refractivity contribution in [2.75, 3.05) is 0 Å². The minimum absolute atomic E-state index is 0.246. The third kappa shape index (κ3) is 2.67. The molecule has 2 aromatic rings. The standard InChI is InChI=1S/C12H11NO2S/c14-10-6-7-11(13-12(10)15)16-8-9-4-2-1-3-5-9/h1-7,14H,8H2,(H,13,15). The Kier molecular flexibility index (Phi) is 3.31. The lowest BCUT2D eigenvalue weighted by Gasteiger charge is -2.01. The van der Waals surface area contributed by atoms with Gasteiger partial charge in [-0.15, -0.1) is 11.8 Å². The van der Waals surface area contributed by atoms with Crippen LogP contribution in [0.25, 0.3) is 0 Å². The molecule has 0 bridgehead atoms. The molecule has 2 N–H and O–H groups in total. The van der Waals surface area contributed by atoms with Crippen LogP contribution in [0.5, 0.6) is 5.75 Å². The van der Waals surface area contributed by atoms with E-state index in [0.29, 0.717) is 0 Å². The van der Waals surface area contributed by atoms with Crippen LogP contribution in [0.3, 0.4) is 0 Å². The lowest BCUT2D eigenvalue weighted by Crippen LogP contribution is -2.04. The first-order chi connectivity index (χ1) is 7.75. The Morgan fingerprint density at radius 1 is 1.12 bits per heavy atom. The van der Waals surface area contributed by atoms with Gasteiger partial charge in [0.1, 0.15) is 0 Å². The van der Waals surface area contributed by atoms with E-state index in [9.17, 15) is 4.79 Å². The van der Waals surface area contributed by atoms with Gasteiger partial charge < -0.3 is 10.1 Å². The van der Waals surface area contributed by atoms with Crippen LogP contribution in [0, 0.1) is 0 Å². The van der Waals surface area contributed by atoms with Gasteiger partial charge in [-0.05, 0) is 17.7 Å². The molecular weight excluding hydrogens is 222 g/mol. The number of aromatic hydroxyl groups is 1. The summed E-state index contributed by atoms with van der Waals surface area (Å²) in [5.74, 6) is 0.547. The van der Waals surface area contributed by atoms with Gasteiger partial charge in [0.25, 0.3) is 5.56 Å². The average molecular weight is 233 g/mol. The van der Waals surface area contributed by atoms with Crippen LogP contribution >= 0.6 is 11.8 Å². The van der Waals surface area contributed by atoms with E-state index >= 15 is 0 Å². The predicted molar refractivity (Wildman–Crippen MR) is 64.7 cm³/mol. The maximum absolute atomic E-state index is 11.1. The van der Waals surface area contributed by atoms with Gasteiger partial charge in [-0.1, -0.05) is 30.3 Å². The molecular formula is C12H11NO2S. The Morgan fingerprint density at radius 2 is 1.88 bits per heavy atom. The largest absolute Gasteiger partial charge is 0.503 e. The SMILES string of the molecule is O=c1[nH]c(SCc2ccccc2)ccc1O. The lowest BCUT2D eigenvalue weighted by molar-refractivity contribution is 0.465. The molecule has 1 aromatic carbocycles. The molecule has 0 spiro atoms. The fourth-order valence-electron chi connectivity index (χ4n) is 1.27. The minimum atomic E-state index is -0.446. The molecule has 0 amide bonds. The normalized spacial score (nSPS) is 10.2. The third-order valence-corrected chi connectivity index (χ3v) is 3.13. The van der Waals surface area contributed by atoms with Crippen LogP contribution < -0.4 is 5.56 Å². The Morgan fingerprint density at radius 3 is 2.56 bits per heavy atom. The smallest absolute Gasteiger partial charge is 0.290 e.